The van der Waals surface area contributed by atoms with E-state index in [4.69, 9.17) is 4.98 Å². The third kappa shape index (κ3) is 4.05. The zero-order valence-corrected chi connectivity index (χ0v) is 21.1. The first-order chi connectivity index (χ1) is 16.5. The summed E-state index contributed by atoms with van der Waals surface area (Å²) in [6, 6.07) is 10.6. The minimum atomic E-state index is -3.80. The quantitative estimate of drug-likeness (QED) is 0.307. The summed E-state index contributed by atoms with van der Waals surface area (Å²) in [6.07, 6.45) is 10.2. The Labute approximate surface area is 204 Å². The molecule has 0 bridgehead atoms. The smallest absolute Gasteiger partial charge is 0.269 e. The lowest BCUT2D eigenvalue weighted by molar-refractivity contribution is 0.589. The van der Waals surface area contributed by atoms with E-state index in [0.717, 1.165) is 53.3 Å². The SMILES string of the molecule is CCN(CC)c1nc(-c2cn(S(=O)(=O)c3ccccc3)c3ncc(C4=CCCCC4)cc23)cs1. The number of rotatable bonds is 7. The second kappa shape index (κ2) is 9.35. The van der Waals surface area contributed by atoms with Crippen molar-refractivity contribution in [2.24, 2.45) is 0 Å². The fourth-order valence-electron chi connectivity index (χ4n) is 4.48. The largest absolute Gasteiger partial charge is 0.349 e. The van der Waals surface area contributed by atoms with Crippen molar-refractivity contribution in [3.63, 3.8) is 0 Å². The zero-order valence-electron chi connectivity index (χ0n) is 19.4. The van der Waals surface area contributed by atoms with Crippen LogP contribution in [0.2, 0.25) is 0 Å². The van der Waals surface area contributed by atoms with Crippen LogP contribution in [0.25, 0.3) is 27.9 Å². The van der Waals surface area contributed by atoms with Crippen molar-refractivity contribution in [2.75, 3.05) is 18.0 Å². The van der Waals surface area contributed by atoms with Crippen molar-refractivity contribution < 1.29 is 8.42 Å². The molecule has 8 heteroatoms. The van der Waals surface area contributed by atoms with Gasteiger partial charge in [-0.1, -0.05) is 24.3 Å². The summed E-state index contributed by atoms with van der Waals surface area (Å²) >= 11 is 1.58. The van der Waals surface area contributed by atoms with Gasteiger partial charge in [0.25, 0.3) is 10.0 Å². The van der Waals surface area contributed by atoms with E-state index in [9.17, 15) is 8.42 Å². The molecule has 1 aliphatic rings. The minimum Gasteiger partial charge on any atom is -0.349 e. The zero-order chi connectivity index (χ0) is 23.7. The molecule has 3 aromatic heterocycles. The maximum Gasteiger partial charge on any atom is 0.269 e. The van der Waals surface area contributed by atoms with Gasteiger partial charge in [0.15, 0.2) is 10.8 Å². The van der Waals surface area contributed by atoms with Crippen LogP contribution < -0.4 is 4.90 Å². The Morgan fingerprint density at radius 2 is 1.91 bits per heavy atom. The van der Waals surface area contributed by atoms with Gasteiger partial charge >= 0.3 is 0 Å². The summed E-state index contributed by atoms with van der Waals surface area (Å²) in [6.45, 7) is 5.95. The van der Waals surface area contributed by atoms with E-state index in [-0.39, 0.29) is 4.90 Å². The van der Waals surface area contributed by atoms with Crippen molar-refractivity contribution in [1.29, 1.82) is 0 Å². The van der Waals surface area contributed by atoms with Gasteiger partial charge in [-0.15, -0.1) is 11.3 Å². The maximum absolute atomic E-state index is 13.6. The van der Waals surface area contributed by atoms with Gasteiger partial charge in [-0.25, -0.2) is 22.4 Å². The fourth-order valence-corrected chi connectivity index (χ4v) is 6.78. The summed E-state index contributed by atoms with van der Waals surface area (Å²) in [5.41, 5.74) is 4.33. The molecule has 1 aromatic carbocycles. The molecule has 0 aliphatic heterocycles. The van der Waals surface area contributed by atoms with Crippen molar-refractivity contribution in [3.8, 4) is 11.3 Å². The van der Waals surface area contributed by atoms with Crippen molar-refractivity contribution in [3.05, 3.63) is 65.8 Å². The van der Waals surface area contributed by atoms with Crippen LogP contribution in [0.15, 0.2) is 65.1 Å². The number of aromatic nitrogens is 3. The third-order valence-electron chi connectivity index (χ3n) is 6.38. The van der Waals surface area contributed by atoms with E-state index in [1.54, 1.807) is 41.8 Å². The van der Waals surface area contributed by atoms with Gasteiger partial charge in [0.05, 0.1) is 10.6 Å². The predicted molar refractivity (Wildman–Crippen MR) is 140 cm³/mol. The molecule has 0 amide bonds. The molecular formula is C26H28N4O2S2. The molecule has 0 unspecified atom stereocenters. The van der Waals surface area contributed by atoms with Gasteiger partial charge in [-0.3, -0.25) is 0 Å². The molecule has 0 saturated heterocycles. The molecule has 176 valence electrons. The molecule has 0 spiro atoms. The molecule has 0 N–H and O–H groups in total. The fraction of sp³-hybridized carbons (Fsp3) is 0.308. The lowest BCUT2D eigenvalue weighted by Crippen LogP contribution is -2.21. The van der Waals surface area contributed by atoms with Gasteiger partial charge in [0.1, 0.15) is 0 Å². The predicted octanol–water partition coefficient (Wildman–Crippen LogP) is 6.20. The highest BCUT2D eigenvalue weighted by atomic mass is 32.2. The number of allylic oxidation sites excluding steroid dienone is 2. The second-order valence-corrected chi connectivity index (χ2v) is 11.1. The molecule has 3 heterocycles. The van der Waals surface area contributed by atoms with E-state index in [1.807, 2.05) is 17.6 Å². The summed E-state index contributed by atoms with van der Waals surface area (Å²) in [5, 5.41) is 3.75. The number of nitrogens with zero attached hydrogens (tertiary/aromatic N) is 4. The Kier molecular flexibility index (Phi) is 6.27. The topological polar surface area (TPSA) is 68.1 Å². The lowest BCUT2D eigenvalue weighted by Gasteiger charge is -2.16. The van der Waals surface area contributed by atoms with Gasteiger partial charge in [-0.05, 0) is 68.9 Å². The summed E-state index contributed by atoms with van der Waals surface area (Å²) in [7, 11) is -3.80. The second-order valence-electron chi connectivity index (χ2n) is 8.41. The molecule has 0 saturated carbocycles. The van der Waals surface area contributed by atoms with Crippen LogP contribution in [0.3, 0.4) is 0 Å². The molecule has 0 radical (unpaired) electrons. The van der Waals surface area contributed by atoms with Crippen molar-refractivity contribution in [1.82, 2.24) is 13.9 Å². The van der Waals surface area contributed by atoms with Gasteiger partial charge in [-0.2, -0.15) is 0 Å². The highest BCUT2D eigenvalue weighted by Gasteiger charge is 2.24. The molecular weight excluding hydrogens is 464 g/mol. The average molecular weight is 493 g/mol. The van der Waals surface area contributed by atoms with Crippen LogP contribution in [-0.2, 0) is 10.0 Å². The highest BCUT2D eigenvalue weighted by Crippen LogP contribution is 2.37. The number of pyridine rings is 1. The Balaban J connectivity index is 1.71. The van der Waals surface area contributed by atoms with Gasteiger partial charge in [0.2, 0.25) is 0 Å². The maximum atomic E-state index is 13.6. The van der Waals surface area contributed by atoms with Crippen molar-refractivity contribution >= 4 is 43.1 Å². The number of hydrogen-bond donors (Lipinski definition) is 0. The molecule has 0 fully saturated rings. The summed E-state index contributed by atoms with van der Waals surface area (Å²) < 4.78 is 28.4. The Morgan fingerprint density at radius 1 is 1.12 bits per heavy atom. The monoisotopic (exact) mass is 492 g/mol. The molecule has 6 nitrogen and oxygen atoms in total. The van der Waals surface area contributed by atoms with E-state index < -0.39 is 10.0 Å². The Hall–Kier alpha value is -2.97. The van der Waals surface area contributed by atoms with Gasteiger partial charge in [0, 0.05) is 41.8 Å². The first kappa shape index (κ1) is 22.8. The molecule has 4 aromatic rings. The van der Waals surface area contributed by atoms with Crippen LogP contribution in [0.1, 0.15) is 45.1 Å². The minimum absolute atomic E-state index is 0.237. The molecule has 0 atom stereocenters. The van der Waals surface area contributed by atoms with Crippen LogP contribution in [-0.4, -0.2) is 35.4 Å². The first-order valence-electron chi connectivity index (χ1n) is 11.7. The number of benzene rings is 1. The van der Waals surface area contributed by atoms with Crippen molar-refractivity contribution in [2.45, 2.75) is 44.4 Å². The van der Waals surface area contributed by atoms with Crippen LogP contribution in [0, 0.1) is 0 Å². The standard InChI is InChI=1S/C26H28N4O2S2/c1-3-29(4-2)26-28-24(18-33-26)23-17-30(34(31,32)21-13-9-6-10-14-21)25-22(23)15-20(16-27-25)19-11-7-5-8-12-19/h6,9-11,13-18H,3-5,7-8,12H2,1-2H3. The average Bonchev–Trinajstić information content (AvgIpc) is 3.51. The summed E-state index contributed by atoms with van der Waals surface area (Å²) in [4.78, 5) is 12.0. The molecule has 1 aliphatic carbocycles. The van der Waals surface area contributed by atoms with E-state index in [2.05, 4.69) is 35.9 Å². The summed E-state index contributed by atoms with van der Waals surface area (Å²) in [5.74, 6) is 0. The number of thiazole rings is 1. The Bertz CT molecular complexity index is 1450. The van der Waals surface area contributed by atoms with Gasteiger partial charge < -0.3 is 4.90 Å². The van der Waals surface area contributed by atoms with Crippen LogP contribution >= 0.6 is 11.3 Å². The van der Waals surface area contributed by atoms with E-state index >= 15 is 0 Å². The Morgan fingerprint density at radius 3 is 2.62 bits per heavy atom. The van der Waals surface area contributed by atoms with Crippen LogP contribution in [0.4, 0.5) is 5.13 Å². The number of anilines is 1. The highest BCUT2D eigenvalue weighted by molar-refractivity contribution is 7.90. The normalized spacial score (nSPS) is 14.4. The molecule has 5 rings (SSSR count). The molecule has 34 heavy (non-hydrogen) atoms. The number of fused-ring (bicyclic) bond motifs is 1. The third-order valence-corrected chi connectivity index (χ3v) is 8.94. The first-order valence-corrected chi connectivity index (χ1v) is 14.1. The lowest BCUT2D eigenvalue weighted by atomic mass is 9.94. The van der Waals surface area contributed by atoms with Crippen LogP contribution in [0.5, 0.6) is 0 Å². The number of hydrogen-bond acceptors (Lipinski definition) is 6. The van der Waals surface area contributed by atoms with E-state index in [1.165, 1.54) is 22.4 Å². The van der Waals surface area contributed by atoms with E-state index in [0.29, 0.717) is 5.65 Å².